The first-order valence-corrected chi connectivity index (χ1v) is 4.72. The van der Waals surface area contributed by atoms with Gasteiger partial charge >= 0.3 is 0 Å². The lowest BCUT2D eigenvalue weighted by molar-refractivity contribution is -0.123. The lowest BCUT2D eigenvalue weighted by atomic mass is 10.1. The maximum atomic E-state index is 12.6. The van der Waals surface area contributed by atoms with Crippen LogP contribution in [0.1, 0.15) is 26.7 Å². The third-order valence-corrected chi connectivity index (χ3v) is 1.79. The molecule has 0 unspecified atom stereocenters. The number of rotatable bonds is 6. The van der Waals surface area contributed by atoms with Crippen molar-refractivity contribution in [2.75, 3.05) is 13.1 Å². The van der Waals surface area contributed by atoms with E-state index < -0.39 is 19.0 Å². The number of carbonyl (C=O) groups excluding carboxylic acids is 1. The highest BCUT2D eigenvalue weighted by Gasteiger charge is 2.26. The van der Waals surface area contributed by atoms with Gasteiger partial charge in [0.25, 0.3) is 5.92 Å². The summed E-state index contributed by atoms with van der Waals surface area (Å²) in [6.45, 7) is 2.54. The Kier molecular flexibility index (Phi) is 5.60. The van der Waals surface area contributed by atoms with Crippen molar-refractivity contribution in [1.29, 1.82) is 0 Å². The smallest absolute Gasteiger partial charge is 0.277 e. The van der Waals surface area contributed by atoms with Crippen LogP contribution < -0.4 is 11.1 Å². The van der Waals surface area contributed by atoms with Gasteiger partial charge in [0, 0.05) is 6.42 Å². The van der Waals surface area contributed by atoms with E-state index in [4.69, 9.17) is 5.73 Å². The number of halogens is 2. The van der Waals surface area contributed by atoms with Crippen molar-refractivity contribution in [3.8, 4) is 0 Å². The van der Waals surface area contributed by atoms with Gasteiger partial charge in [-0.25, -0.2) is 8.78 Å². The van der Waals surface area contributed by atoms with Crippen LogP contribution in [0.25, 0.3) is 0 Å². The fourth-order valence-electron chi connectivity index (χ4n) is 0.808. The molecule has 0 aliphatic rings. The van der Waals surface area contributed by atoms with Gasteiger partial charge in [-0.15, -0.1) is 0 Å². The Labute approximate surface area is 83.0 Å². The molecule has 5 heteroatoms. The highest BCUT2D eigenvalue weighted by molar-refractivity contribution is 5.75. The van der Waals surface area contributed by atoms with E-state index in [2.05, 4.69) is 5.32 Å². The Morgan fingerprint density at radius 3 is 2.50 bits per heavy atom. The predicted octanol–water partition coefficient (Wildman–Crippen LogP) is 1.13. The van der Waals surface area contributed by atoms with E-state index in [-0.39, 0.29) is 12.3 Å². The van der Waals surface area contributed by atoms with Crippen LogP contribution in [-0.4, -0.2) is 24.9 Å². The van der Waals surface area contributed by atoms with Crippen LogP contribution in [0.15, 0.2) is 0 Å². The van der Waals surface area contributed by atoms with Crippen LogP contribution in [0, 0.1) is 5.92 Å². The fraction of sp³-hybridized carbons (Fsp3) is 0.889. The SMILES string of the molecule is CC(C)CCC(=O)NCC(F)(F)CN. The lowest BCUT2D eigenvalue weighted by Gasteiger charge is -2.14. The van der Waals surface area contributed by atoms with Crippen LogP contribution in [0.3, 0.4) is 0 Å². The summed E-state index contributed by atoms with van der Waals surface area (Å²) in [4.78, 5) is 11.0. The molecular formula is C9H18F2N2O. The highest BCUT2D eigenvalue weighted by atomic mass is 19.3. The molecule has 0 heterocycles. The summed E-state index contributed by atoms with van der Waals surface area (Å²) >= 11 is 0. The Morgan fingerprint density at radius 2 is 2.07 bits per heavy atom. The highest BCUT2D eigenvalue weighted by Crippen LogP contribution is 2.09. The lowest BCUT2D eigenvalue weighted by Crippen LogP contribution is -2.41. The van der Waals surface area contributed by atoms with Crippen LogP contribution in [0.4, 0.5) is 8.78 Å². The summed E-state index contributed by atoms with van der Waals surface area (Å²) in [5, 5.41) is 2.16. The van der Waals surface area contributed by atoms with Gasteiger partial charge in [0.2, 0.25) is 5.91 Å². The first-order valence-electron chi connectivity index (χ1n) is 4.72. The number of amides is 1. The quantitative estimate of drug-likeness (QED) is 0.687. The molecule has 0 spiro atoms. The molecule has 0 aromatic heterocycles. The minimum atomic E-state index is -2.99. The summed E-state index contributed by atoms with van der Waals surface area (Å²) in [7, 11) is 0. The molecule has 3 N–H and O–H groups in total. The molecule has 0 atom stereocenters. The van der Waals surface area contributed by atoms with E-state index in [1.54, 1.807) is 0 Å². The third kappa shape index (κ3) is 6.77. The van der Waals surface area contributed by atoms with Gasteiger partial charge in [0.1, 0.15) is 0 Å². The zero-order chi connectivity index (χ0) is 11.2. The Morgan fingerprint density at radius 1 is 1.50 bits per heavy atom. The van der Waals surface area contributed by atoms with Crippen molar-refractivity contribution in [2.45, 2.75) is 32.6 Å². The second-order valence-corrected chi connectivity index (χ2v) is 3.77. The Bertz CT molecular complexity index is 184. The molecule has 0 aliphatic carbocycles. The zero-order valence-electron chi connectivity index (χ0n) is 8.65. The Balaban J connectivity index is 3.64. The maximum Gasteiger partial charge on any atom is 0.277 e. The summed E-state index contributed by atoms with van der Waals surface area (Å²) in [6, 6.07) is 0. The van der Waals surface area contributed by atoms with Crippen molar-refractivity contribution in [3.05, 3.63) is 0 Å². The fourth-order valence-corrected chi connectivity index (χ4v) is 0.808. The van der Waals surface area contributed by atoms with E-state index in [1.807, 2.05) is 13.8 Å². The molecule has 0 radical (unpaired) electrons. The van der Waals surface area contributed by atoms with E-state index >= 15 is 0 Å². The largest absolute Gasteiger partial charge is 0.350 e. The van der Waals surface area contributed by atoms with Crippen molar-refractivity contribution < 1.29 is 13.6 Å². The molecule has 0 aliphatic heterocycles. The van der Waals surface area contributed by atoms with Crippen LogP contribution in [0.5, 0.6) is 0 Å². The first-order chi connectivity index (χ1) is 6.37. The number of hydrogen-bond acceptors (Lipinski definition) is 2. The van der Waals surface area contributed by atoms with Crippen molar-refractivity contribution in [1.82, 2.24) is 5.32 Å². The molecule has 3 nitrogen and oxygen atoms in total. The van der Waals surface area contributed by atoms with Gasteiger partial charge in [-0.3, -0.25) is 4.79 Å². The third-order valence-electron chi connectivity index (χ3n) is 1.79. The summed E-state index contributed by atoms with van der Waals surface area (Å²) < 4.78 is 25.1. The predicted molar refractivity (Wildman–Crippen MR) is 51.1 cm³/mol. The number of nitrogens with two attached hydrogens (primary N) is 1. The number of nitrogens with one attached hydrogen (secondary N) is 1. The second kappa shape index (κ2) is 5.90. The van der Waals surface area contributed by atoms with Crippen LogP contribution in [-0.2, 0) is 4.79 Å². The minimum Gasteiger partial charge on any atom is -0.350 e. The second-order valence-electron chi connectivity index (χ2n) is 3.77. The summed E-state index contributed by atoms with van der Waals surface area (Å²) in [6.07, 6.45) is 0.998. The summed E-state index contributed by atoms with van der Waals surface area (Å²) in [5.41, 5.74) is 4.81. The molecule has 0 bridgehead atoms. The monoisotopic (exact) mass is 208 g/mol. The first kappa shape index (κ1) is 13.3. The summed E-state index contributed by atoms with van der Waals surface area (Å²) in [5.74, 6) is -2.93. The molecule has 84 valence electrons. The van der Waals surface area contributed by atoms with Gasteiger partial charge in [0.15, 0.2) is 0 Å². The van der Waals surface area contributed by atoms with Gasteiger partial charge < -0.3 is 11.1 Å². The standard InChI is InChI=1S/C9H18F2N2O/c1-7(2)3-4-8(14)13-6-9(10,11)5-12/h7H,3-6,12H2,1-2H3,(H,13,14). The maximum absolute atomic E-state index is 12.6. The van der Waals surface area contributed by atoms with E-state index in [1.165, 1.54) is 0 Å². The molecule has 0 aromatic rings. The molecule has 0 saturated carbocycles. The normalized spacial score (nSPS) is 11.9. The zero-order valence-corrected chi connectivity index (χ0v) is 8.65. The van der Waals surface area contributed by atoms with Crippen LogP contribution >= 0.6 is 0 Å². The molecule has 0 saturated heterocycles. The topological polar surface area (TPSA) is 55.1 Å². The molecule has 0 aromatic carbocycles. The van der Waals surface area contributed by atoms with Gasteiger partial charge in [-0.2, -0.15) is 0 Å². The van der Waals surface area contributed by atoms with Crippen molar-refractivity contribution >= 4 is 5.91 Å². The van der Waals surface area contributed by atoms with Gasteiger partial charge in [-0.1, -0.05) is 13.8 Å². The molecule has 0 rings (SSSR count). The number of alkyl halides is 2. The van der Waals surface area contributed by atoms with E-state index in [0.29, 0.717) is 12.3 Å². The average molecular weight is 208 g/mol. The Hall–Kier alpha value is -0.710. The molecule has 0 fully saturated rings. The molecule has 14 heavy (non-hydrogen) atoms. The molecule has 1 amide bonds. The van der Waals surface area contributed by atoms with Crippen LogP contribution in [0.2, 0.25) is 0 Å². The van der Waals surface area contributed by atoms with E-state index in [0.717, 1.165) is 0 Å². The minimum absolute atomic E-state index is 0.290. The number of hydrogen-bond donors (Lipinski definition) is 2. The van der Waals surface area contributed by atoms with E-state index in [9.17, 15) is 13.6 Å². The number of carbonyl (C=O) groups is 1. The van der Waals surface area contributed by atoms with Crippen molar-refractivity contribution in [2.24, 2.45) is 11.7 Å². The molecular weight excluding hydrogens is 190 g/mol. The van der Waals surface area contributed by atoms with Gasteiger partial charge in [-0.05, 0) is 12.3 Å². The van der Waals surface area contributed by atoms with Gasteiger partial charge in [0.05, 0.1) is 13.1 Å². The average Bonchev–Trinajstić information content (AvgIpc) is 2.11. The van der Waals surface area contributed by atoms with Crippen molar-refractivity contribution in [3.63, 3.8) is 0 Å².